The Labute approximate surface area is 687 Å². The fourth-order valence-electron chi connectivity index (χ4n) is 12.5. The minimum Gasteiger partial charge on any atom is -1.00 e. The number of pyridine rings is 2. The first kappa shape index (κ1) is 93.5. The first-order chi connectivity index (χ1) is 54.3. The Kier molecular flexibility index (Phi) is 34.6. The fourth-order valence-corrected chi connectivity index (χ4v) is 15.9. The van der Waals surface area contributed by atoms with Gasteiger partial charge in [0.2, 0.25) is 20.0 Å². The molecule has 634 valence electrons. The number of nitrogens with one attached hydrogen (secondary N) is 4. The summed E-state index contributed by atoms with van der Waals surface area (Å²) in [6, 6.07) is 27.6. The molecule has 14 N–H and O–H groups in total. The summed E-state index contributed by atoms with van der Waals surface area (Å²) in [7, 11) is -7.84. The molecule has 4 fully saturated rings. The van der Waals surface area contributed by atoms with Crippen LogP contribution in [0, 0.1) is 5.41 Å². The summed E-state index contributed by atoms with van der Waals surface area (Å²) in [5, 5.41) is 106. The monoisotopic (exact) mass is 1700 g/mol. The molecule has 8 atom stereocenters. The number of rotatable bonds is 44. The predicted molar refractivity (Wildman–Crippen MR) is 421 cm³/mol. The molecule has 4 saturated carbocycles. The Bertz CT molecular complexity index is 4420. The highest BCUT2D eigenvalue weighted by Crippen LogP contribution is 2.55. The molecule has 10 rings (SSSR count). The molecule has 0 radical (unpaired) electrons. The molecule has 2 aromatic heterocycles. The van der Waals surface area contributed by atoms with Crippen molar-refractivity contribution in [3.8, 4) is 33.8 Å². The Hall–Kier alpha value is -7.00. The molecular weight excluding hydrogens is 1600 g/mol. The lowest BCUT2D eigenvalue weighted by Crippen LogP contribution is -3.00. The third kappa shape index (κ3) is 25.8. The standard InChI is InChI=1S/C43H59ClN4O12S.C37H49ClN4O10S.ClH/c1-5-48(20-9-8-19-45-41(55)46-23-35(50)38(52)39(53)36(51)25-49)61(56,57)30-14-15-34(44)28(22-30)26-59-43(17-18-43)33-24-47(27-58-40(54)42(2,3)4)21-16-31(33)32-10-6-7-11-37(32)60-29-12-13-29;1-2-42(18-6-5-16-40-36(48)41-21-31(44)34(46)35(47)32(45)22-43)53(49,50)26-11-12-30(38)24(19-26)23-51-37(14-15-37)29-20-39-17-13-27(29)28-7-3-4-8-33(28)52-25-9-10-25;/h6-7,10-11,14-16,21-22,24,29,35-36,38-39,49-53H,5,8-9,12-13,17-20,23,25-27H2,1-4H3,(H-,45,46,55);3-4,7-8,11-13,17,19-20,25,31-32,34-35,43-47H,2,5-6,9-10,14-16,18,21-23H2,1H3,(H2,40,41,48);1H/t35-,36+,38+,39+;31-,32+,34+,35+;/m00./s1. The first-order valence-electron chi connectivity index (χ1n) is 38.5. The lowest BCUT2D eigenvalue weighted by Gasteiger charge is -2.25. The Morgan fingerprint density at radius 1 is 0.565 bits per heavy atom. The van der Waals surface area contributed by atoms with Crippen LogP contribution in [0.2, 0.25) is 10.0 Å². The van der Waals surface area contributed by atoms with Gasteiger partial charge in [-0.3, -0.25) is 9.78 Å². The van der Waals surface area contributed by atoms with Gasteiger partial charge in [-0.05, 0) is 169 Å². The quantitative estimate of drug-likeness (QED) is 0.0149. The van der Waals surface area contributed by atoms with E-state index in [1.807, 2.05) is 83.8 Å². The molecule has 0 bridgehead atoms. The number of amides is 4. The van der Waals surface area contributed by atoms with Crippen LogP contribution in [0.1, 0.15) is 134 Å². The minimum absolute atomic E-state index is 0. The van der Waals surface area contributed by atoms with E-state index in [-0.39, 0.29) is 99.6 Å². The van der Waals surface area contributed by atoms with Gasteiger partial charge in [-0.2, -0.15) is 13.2 Å². The zero-order valence-electron chi connectivity index (χ0n) is 65.1. The van der Waals surface area contributed by atoms with Crippen molar-refractivity contribution in [1.29, 1.82) is 0 Å². The number of unbranched alkanes of at least 4 members (excludes halogenated alkanes) is 2. The maximum atomic E-state index is 13.9. The number of ether oxygens (including phenoxy) is 5. The van der Waals surface area contributed by atoms with Crippen LogP contribution >= 0.6 is 23.2 Å². The van der Waals surface area contributed by atoms with Crippen LogP contribution in [-0.4, -0.2) is 226 Å². The third-order valence-corrected chi connectivity index (χ3v) is 24.7. The van der Waals surface area contributed by atoms with Crippen LogP contribution in [0.5, 0.6) is 11.5 Å². The molecule has 0 saturated heterocycles. The second kappa shape index (κ2) is 42.6. The molecular formula is C80H109Cl3N8O22S2. The molecule has 0 spiro atoms. The van der Waals surface area contributed by atoms with E-state index in [0.29, 0.717) is 59.7 Å². The van der Waals surface area contributed by atoms with Gasteiger partial charge in [0.1, 0.15) is 53.7 Å². The number of nitrogens with zero attached hydrogens (tertiary/aromatic N) is 4. The van der Waals surface area contributed by atoms with Crippen molar-refractivity contribution in [2.75, 3.05) is 65.6 Å². The van der Waals surface area contributed by atoms with Crippen LogP contribution in [-0.2, 0) is 70.2 Å². The van der Waals surface area contributed by atoms with E-state index in [9.17, 15) is 72.1 Å². The lowest BCUT2D eigenvalue weighted by atomic mass is 9.96. The molecule has 115 heavy (non-hydrogen) atoms. The van der Waals surface area contributed by atoms with Crippen molar-refractivity contribution in [3.63, 3.8) is 0 Å². The van der Waals surface area contributed by atoms with Gasteiger partial charge in [0.25, 0.3) is 6.73 Å². The number of aromatic nitrogens is 2. The molecule has 4 amide bonds. The highest BCUT2D eigenvalue weighted by molar-refractivity contribution is 7.89. The second-order valence-electron chi connectivity index (χ2n) is 30.0. The summed E-state index contributed by atoms with van der Waals surface area (Å²) >= 11 is 13.2. The van der Waals surface area contributed by atoms with Crippen LogP contribution in [0.4, 0.5) is 9.59 Å². The van der Waals surface area contributed by atoms with E-state index in [1.54, 1.807) is 59.0 Å². The number of halogens is 3. The number of esters is 1. The number of urea groups is 2. The summed E-state index contributed by atoms with van der Waals surface area (Å²) < 4.78 is 91.1. The number of hydrogen-bond acceptors (Lipinski definition) is 23. The summed E-state index contributed by atoms with van der Waals surface area (Å²) in [5.74, 6) is 1.27. The van der Waals surface area contributed by atoms with Crippen molar-refractivity contribution in [1.82, 2.24) is 34.9 Å². The number of aliphatic hydroxyl groups is 10. The van der Waals surface area contributed by atoms with Gasteiger partial charge < -0.3 is 108 Å². The maximum Gasteiger partial charge on any atom is 0.316 e. The van der Waals surface area contributed by atoms with Crippen LogP contribution in [0.15, 0.2) is 132 Å². The molecule has 0 unspecified atom stereocenters. The fraction of sp³-hybridized carbons (Fsp3) is 0.537. The normalized spacial score (nSPS) is 17.1. The number of hydrogen-bond donors (Lipinski definition) is 14. The van der Waals surface area contributed by atoms with Crippen molar-refractivity contribution < 1.29 is 123 Å². The SMILES string of the molecule is CCN(CCCCNC(=O)NC[C@H](O)[C@@H](O)[C@H](O)[C@H](O)CO)S(=O)(=O)c1ccc(Cl)c(COC2(c3c[n+](COC(=O)C(C)(C)C)ccc3-c3ccccc3OC3CC3)CC2)c1.CCN(CCCCNC(=O)NC[C@H](O)[C@@H](O)[C@H](O)[C@H](O)CO)S(=O)(=O)c1ccc(Cl)c(COC2(c3cnccc3-c3ccccc3OC3CC3)CC2)c1.[Cl-]. The van der Waals surface area contributed by atoms with Gasteiger partial charge in [0, 0.05) is 103 Å². The van der Waals surface area contributed by atoms with Crippen molar-refractivity contribution >= 4 is 61.3 Å². The average Bonchev–Trinajstić information content (AvgIpc) is 1.60. The largest absolute Gasteiger partial charge is 1.00 e. The number of para-hydroxylation sites is 2. The van der Waals surface area contributed by atoms with Crippen LogP contribution in [0.25, 0.3) is 22.3 Å². The number of carbonyl (C=O) groups is 3. The zero-order chi connectivity index (χ0) is 82.7. The van der Waals surface area contributed by atoms with Gasteiger partial charge >= 0.3 is 18.0 Å². The van der Waals surface area contributed by atoms with E-state index in [0.717, 1.165) is 83.4 Å². The van der Waals surface area contributed by atoms with Gasteiger partial charge in [0.15, 0.2) is 12.4 Å². The minimum atomic E-state index is -3.95. The molecule has 6 aromatic rings. The topological polar surface area (TPSA) is 439 Å². The molecule has 30 nitrogen and oxygen atoms in total. The van der Waals surface area contributed by atoms with Gasteiger partial charge in [-0.15, -0.1) is 0 Å². The smallest absolute Gasteiger partial charge is 0.316 e. The molecule has 2 heterocycles. The molecule has 0 aliphatic heterocycles. The van der Waals surface area contributed by atoms with Gasteiger partial charge in [-0.1, -0.05) is 73.4 Å². The number of aliphatic hydroxyl groups excluding tert-OH is 10. The van der Waals surface area contributed by atoms with E-state index in [1.165, 1.54) is 26.8 Å². The predicted octanol–water partition coefficient (Wildman–Crippen LogP) is 2.79. The van der Waals surface area contributed by atoms with Crippen molar-refractivity contribution in [3.05, 3.63) is 154 Å². The van der Waals surface area contributed by atoms with E-state index in [4.69, 9.17) is 57.1 Å². The summed E-state index contributed by atoms with van der Waals surface area (Å²) in [5.41, 5.74) is 4.66. The summed E-state index contributed by atoms with van der Waals surface area (Å²) in [4.78, 5) is 41.5. The highest BCUT2D eigenvalue weighted by atomic mass is 35.5. The average molecular weight is 1710 g/mol. The zero-order valence-corrected chi connectivity index (χ0v) is 69.0. The van der Waals surface area contributed by atoms with E-state index < -0.39 is 124 Å². The first-order valence-corrected chi connectivity index (χ1v) is 42.2. The number of benzene rings is 4. The Balaban J connectivity index is 0.000000288. The third-order valence-electron chi connectivity index (χ3n) is 20.0. The van der Waals surface area contributed by atoms with Crippen LogP contribution < -0.4 is 47.7 Å². The summed E-state index contributed by atoms with van der Waals surface area (Å²) in [6.45, 7) is 7.68. The highest BCUT2D eigenvalue weighted by Gasteiger charge is 2.50. The molecule has 4 aliphatic carbocycles. The number of sulfonamides is 2. The van der Waals surface area contributed by atoms with Crippen molar-refractivity contribution in [2.24, 2.45) is 5.41 Å². The molecule has 4 aliphatic rings. The van der Waals surface area contributed by atoms with Crippen molar-refractivity contribution in [2.45, 2.75) is 214 Å². The Morgan fingerprint density at radius 3 is 1.39 bits per heavy atom. The summed E-state index contributed by atoms with van der Waals surface area (Å²) in [6.07, 6.45) is 2.84. The lowest BCUT2D eigenvalue weighted by molar-refractivity contribution is -0.728. The number of carbonyl (C=O) groups excluding carboxylic acids is 3. The van der Waals surface area contributed by atoms with Gasteiger partial charge in [0.05, 0.1) is 77.2 Å². The maximum absolute atomic E-state index is 13.9. The van der Waals surface area contributed by atoms with Crippen LogP contribution in [0.3, 0.4) is 0 Å². The van der Waals surface area contributed by atoms with Gasteiger partial charge in [-0.25, -0.2) is 26.4 Å². The second-order valence-corrected chi connectivity index (χ2v) is 34.7. The van der Waals surface area contributed by atoms with E-state index >= 15 is 0 Å². The Morgan fingerprint density at radius 2 is 0.983 bits per heavy atom. The van der Waals surface area contributed by atoms with E-state index in [2.05, 4.69) is 26.3 Å². The molecule has 4 aromatic carbocycles. The molecule has 35 heteroatoms.